The van der Waals surface area contributed by atoms with E-state index in [2.05, 4.69) is 20.8 Å². The molecular formula is C17H16N4O2S. The zero-order valence-electron chi connectivity index (χ0n) is 13.2. The van der Waals surface area contributed by atoms with Gasteiger partial charge in [-0.05, 0) is 19.1 Å². The van der Waals surface area contributed by atoms with Crippen LogP contribution in [-0.2, 0) is 0 Å². The summed E-state index contributed by atoms with van der Waals surface area (Å²) in [5.41, 5.74) is 2.79. The predicted octanol–water partition coefficient (Wildman–Crippen LogP) is 4.17. The standard InChI is InChI=1S/C17H16N4O2S/c1-11-6-8-12(9-7-11)15-20-21-17(24-15)19-16(22)18-13-4-3-5-14(10-13)23-2/h3-10H,1-2H3,(H2,18,19,21,22). The molecule has 1 aromatic heterocycles. The van der Waals surface area contributed by atoms with Crippen LogP contribution in [0.1, 0.15) is 5.56 Å². The molecule has 122 valence electrons. The first-order valence-corrected chi connectivity index (χ1v) is 8.08. The highest BCUT2D eigenvalue weighted by Gasteiger charge is 2.10. The third kappa shape index (κ3) is 3.88. The molecule has 3 aromatic rings. The minimum absolute atomic E-state index is 0.380. The first kappa shape index (κ1) is 15.9. The molecule has 0 atom stereocenters. The van der Waals surface area contributed by atoms with E-state index >= 15 is 0 Å². The molecule has 2 amide bonds. The van der Waals surface area contributed by atoms with Crippen molar-refractivity contribution in [2.45, 2.75) is 6.92 Å². The molecule has 0 saturated carbocycles. The molecule has 0 aliphatic rings. The Morgan fingerprint density at radius 3 is 2.62 bits per heavy atom. The monoisotopic (exact) mass is 340 g/mol. The number of carbonyl (C=O) groups is 1. The summed E-state index contributed by atoms with van der Waals surface area (Å²) in [5, 5.41) is 14.7. The summed E-state index contributed by atoms with van der Waals surface area (Å²) in [4.78, 5) is 12.0. The lowest BCUT2D eigenvalue weighted by Gasteiger charge is -2.06. The van der Waals surface area contributed by atoms with Crippen LogP contribution in [0.3, 0.4) is 0 Å². The molecule has 0 unspecified atom stereocenters. The molecule has 2 N–H and O–H groups in total. The second kappa shape index (κ2) is 7.10. The minimum atomic E-state index is -0.380. The van der Waals surface area contributed by atoms with E-state index in [1.807, 2.05) is 37.3 Å². The number of methoxy groups -OCH3 is 1. The lowest BCUT2D eigenvalue weighted by molar-refractivity contribution is 0.262. The van der Waals surface area contributed by atoms with Gasteiger partial charge in [-0.15, -0.1) is 10.2 Å². The number of anilines is 2. The maximum atomic E-state index is 12.0. The van der Waals surface area contributed by atoms with Gasteiger partial charge in [-0.2, -0.15) is 0 Å². The second-order valence-corrected chi connectivity index (χ2v) is 6.07. The Hall–Kier alpha value is -2.93. The summed E-state index contributed by atoms with van der Waals surface area (Å²) >= 11 is 1.32. The van der Waals surface area contributed by atoms with Gasteiger partial charge in [0.1, 0.15) is 10.8 Å². The number of ether oxygens (including phenoxy) is 1. The highest BCUT2D eigenvalue weighted by molar-refractivity contribution is 7.18. The van der Waals surface area contributed by atoms with Gasteiger partial charge in [0.25, 0.3) is 0 Å². The van der Waals surface area contributed by atoms with Crippen molar-refractivity contribution in [3.63, 3.8) is 0 Å². The molecule has 3 rings (SSSR count). The summed E-state index contributed by atoms with van der Waals surface area (Å²) in [6.45, 7) is 2.03. The molecule has 0 aliphatic heterocycles. The fraction of sp³-hybridized carbons (Fsp3) is 0.118. The third-order valence-electron chi connectivity index (χ3n) is 3.27. The fourth-order valence-corrected chi connectivity index (χ4v) is 2.79. The van der Waals surface area contributed by atoms with E-state index in [1.54, 1.807) is 25.3 Å². The summed E-state index contributed by atoms with van der Waals surface area (Å²) in [5.74, 6) is 0.672. The van der Waals surface area contributed by atoms with Crippen LogP contribution >= 0.6 is 11.3 Å². The maximum Gasteiger partial charge on any atom is 0.325 e. The number of rotatable bonds is 4. The van der Waals surface area contributed by atoms with Crippen LogP contribution in [0.25, 0.3) is 10.6 Å². The number of aryl methyl sites for hydroxylation is 1. The third-order valence-corrected chi connectivity index (χ3v) is 4.16. The average molecular weight is 340 g/mol. The molecule has 7 heteroatoms. The predicted molar refractivity (Wildman–Crippen MR) is 95.7 cm³/mol. The normalized spacial score (nSPS) is 10.2. The van der Waals surface area contributed by atoms with Gasteiger partial charge in [0.05, 0.1) is 7.11 Å². The van der Waals surface area contributed by atoms with Gasteiger partial charge >= 0.3 is 6.03 Å². The molecule has 0 radical (unpaired) electrons. The molecule has 1 heterocycles. The Labute approximate surface area is 143 Å². The number of hydrogen-bond acceptors (Lipinski definition) is 5. The largest absolute Gasteiger partial charge is 0.497 e. The average Bonchev–Trinajstić information content (AvgIpc) is 3.04. The zero-order valence-corrected chi connectivity index (χ0v) is 14.1. The Morgan fingerprint density at radius 2 is 1.88 bits per heavy atom. The molecule has 0 fully saturated rings. The maximum absolute atomic E-state index is 12.0. The van der Waals surface area contributed by atoms with E-state index in [-0.39, 0.29) is 6.03 Å². The molecule has 0 saturated heterocycles. The van der Waals surface area contributed by atoms with Crippen LogP contribution in [-0.4, -0.2) is 23.3 Å². The van der Waals surface area contributed by atoms with Crippen molar-refractivity contribution in [2.24, 2.45) is 0 Å². The number of carbonyl (C=O) groups excluding carboxylic acids is 1. The van der Waals surface area contributed by atoms with Gasteiger partial charge in [-0.25, -0.2) is 4.79 Å². The van der Waals surface area contributed by atoms with Crippen LogP contribution in [0.5, 0.6) is 5.75 Å². The van der Waals surface area contributed by atoms with Gasteiger partial charge in [-0.1, -0.05) is 47.2 Å². The molecule has 6 nitrogen and oxygen atoms in total. The molecule has 0 spiro atoms. The van der Waals surface area contributed by atoms with Crippen molar-refractivity contribution in [1.29, 1.82) is 0 Å². The number of amides is 2. The highest BCUT2D eigenvalue weighted by atomic mass is 32.1. The van der Waals surface area contributed by atoms with Gasteiger partial charge < -0.3 is 10.1 Å². The number of benzene rings is 2. The molecule has 0 bridgehead atoms. The Morgan fingerprint density at radius 1 is 1.08 bits per heavy atom. The van der Waals surface area contributed by atoms with Crippen LogP contribution in [0.2, 0.25) is 0 Å². The SMILES string of the molecule is COc1cccc(NC(=O)Nc2nnc(-c3ccc(C)cc3)s2)c1. The molecule has 24 heavy (non-hydrogen) atoms. The molecule has 2 aromatic carbocycles. The minimum Gasteiger partial charge on any atom is -0.497 e. The Kier molecular flexibility index (Phi) is 4.72. The lowest BCUT2D eigenvalue weighted by atomic mass is 10.2. The summed E-state index contributed by atoms with van der Waals surface area (Å²) in [7, 11) is 1.58. The van der Waals surface area contributed by atoms with Gasteiger partial charge in [-0.3, -0.25) is 5.32 Å². The highest BCUT2D eigenvalue weighted by Crippen LogP contribution is 2.26. The zero-order chi connectivity index (χ0) is 16.9. The van der Waals surface area contributed by atoms with Crippen molar-refractivity contribution in [2.75, 3.05) is 17.7 Å². The van der Waals surface area contributed by atoms with Crippen molar-refractivity contribution in [1.82, 2.24) is 10.2 Å². The number of nitrogens with zero attached hydrogens (tertiary/aromatic N) is 2. The molecular weight excluding hydrogens is 324 g/mol. The van der Waals surface area contributed by atoms with E-state index in [4.69, 9.17) is 4.74 Å². The fourth-order valence-electron chi connectivity index (χ4n) is 2.05. The van der Waals surface area contributed by atoms with Crippen molar-refractivity contribution >= 4 is 28.2 Å². The summed E-state index contributed by atoms with van der Waals surface area (Å²) in [6, 6.07) is 14.7. The van der Waals surface area contributed by atoms with Crippen LogP contribution in [0.4, 0.5) is 15.6 Å². The van der Waals surface area contributed by atoms with Crippen molar-refractivity contribution < 1.29 is 9.53 Å². The van der Waals surface area contributed by atoms with E-state index in [9.17, 15) is 4.79 Å². The quantitative estimate of drug-likeness (QED) is 0.747. The van der Waals surface area contributed by atoms with Crippen LogP contribution in [0.15, 0.2) is 48.5 Å². The van der Waals surface area contributed by atoms with Crippen LogP contribution < -0.4 is 15.4 Å². The van der Waals surface area contributed by atoms with Gasteiger partial charge in [0, 0.05) is 17.3 Å². The van der Waals surface area contributed by atoms with Crippen LogP contribution in [0, 0.1) is 6.92 Å². The smallest absolute Gasteiger partial charge is 0.325 e. The number of hydrogen-bond donors (Lipinski definition) is 2. The van der Waals surface area contributed by atoms with Crippen molar-refractivity contribution in [3.05, 3.63) is 54.1 Å². The van der Waals surface area contributed by atoms with Crippen molar-refractivity contribution in [3.8, 4) is 16.3 Å². The number of aromatic nitrogens is 2. The Bertz CT molecular complexity index is 846. The number of urea groups is 1. The van der Waals surface area contributed by atoms with E-state index < -0.39 is 0 Å². The molecule has 0 aliphatic carbocycles. The van der Waals surface area contributed by atoms with Gasteiger partial charge in [0.15, 0.2) is 0 Å². The first-order chi connectivity index (χ1) is 11.6. The second-order valence-electron chi connectivity index (χ2n) is 5.09. The van der Waals surface area contributed by atoms with E-state index in [0.717, 1.165) is 10.6 Å². The first-order valence-electron chi connectivity index (χ1n) is 7.26. The topological polar surface area (TPSA) is 76.1 Å². The van der Waals surface area contributed by atoms with E-state index in [0.29, 0.717) is 16.6 Å². The lowest BCUT2D eigenvalue weighted by Crippen LogP contribution is -2.19. The summed E-state index contributed by atoms with van der Waals surface area (Å²) in [6.07, 6.45) is 0. The Balaban J connectivity index is 1.65. The van der Waals surface area contributed by atoms with E-state index in [1.165, 1.54) is 16.9 Å². The number of nitrogens with one attached hydrogen (secondary N) is 2. The van der Waals surface area contributed by atoms with Gasteiger partial charge in [0.2, 0.25) is 5.13 Å². The summed E-state index contributed by atoms with van der Waals surface area (Å²) < 4.78 is 5.12.